The first-order chi connectivity index (χ1) is 9.23. The lowest BCUT2D eigenvalue weighted by Crippen LogP contribution is -2.27. The molecule has 0 aliphatic carbocycles. The van der Waals surface area contributed by atoms with Crippen molar-refractivity contribution < 1.29 is 17.9 Å². The average Bonchev–Trinajstić information content (AvgIpc) is 2.63. The minimum absolute atomic E-state index is 0.152. The van der Waals surface area contributed by atoms with Crippen LogP contribution in [0.15, 0.2) is 18.2 Å². The average molecular weight is 287 g/mol. The van der Waals surface area contributed by atoms with Gasteiger partial charge in [-0.3, -0.25) is 0 Å². The second-order valence-corrected chi connectivity index (χ2v) is 5.86. The van der Waals surface area contributed by atoms with Crippen LogP contribution in [0.3, 0.4) is 0 Å². The fraction of sp³-hybridized carbons (Fsp3) is 0.600. The molecule has 1 aliphatic rings. The number of rotatable bonds is 4. The van der Waals surface area contributed by atoms with Crippen molar-refractivity contribution in [3.63, 3.8) is 0 Å². The van der Waals surface area contributed by atoms with Gasteiger partial charge in [-0.05, 0) is 24.2 Å². The summed E-state index contributed by atoms with van der Waals surface area (Å²) in [5.41, 5.74) is 1.50. The van der Waals surface area contributed by atoms with Gasteiger partial charge in [-0.15, -0.1) is 0 Å². The van der Waals surface area contributed by atoms with Gasteiger partial charge >= 0.3 is 6.18 Å². The molecule has 5 heteroatoms. The molecular formula is C15H20F3NO. The Morgan fingerprint density at radius 2 is 2.05 bits per heavy atom. The maximum Gasteiger partial charge on any atom is 0.390 e. The van der Waals surface area contributed by atoms with Gasteiger partial charge in [-0.2, -0.15) is 13.2 Å². The van der Waals surface area contributed by atoms with Gasteiger partial charge in [0.25, 0.3) is 0 Å². The van der Waals surface area contributed by atoms with E-state index in [4.69, 9.17) is 4.74 Å². The van der Waals surface area contributed by atoms with Crippen LogP contribution in [-0.4, -0.2) is 19.3 Å². The van der Waals surface area contributed by atoms with Crippen molar-refractivity contribution in [3.8, 4) is 5.75 Å². The van der Waals surface area contributed by atoms with Gasteiger partial charge in [0, 0.05) is 17.0 Å². The number of benzene rings is 1. The van der Waals surface area contributed by atoms with Gasteiger partial charge in [-0.1, -0.05) is 26.8 Å². The summed E-state index contributed by atoms with van der Waals surface area (Å²) in [7, 11) is 0. The van der Waals surface area contributed by atoms with Gasteiger partial charge in [-0.25, -0.2) is 0 Å². The van der Waals surface area contributed by atoms with Crippen LogP contribution in [0, 0.1) is 0 Å². The van der Waals surface area contributed by atoms with E-state index in [2.05, 4.69) is 5.32 Å². The predicted molar refractivity (Wildman–Crippen MR) is 72.1 cm³/mol. The lowest BCUT2D eigenvalue weighted by molar-refractivity contribution is -0.140. The summed E-state index contributed by atoms with van der Waals surface area (Å²) in [5.74, 6) is 0.779. The van der Waals surface area contributed by atoms with E-state index < -0.39 is 18.6 Å². The molecule has 1 unspecified atom stereocenters. The fourth-order valence-electron chi connectivity index (χ4n) is 2.54. The van der Waals surface area contributed by atoms with Crippen molar-refractivity contribution in [2.45, 2.75) is 44.8 Å². The number of ether oxygens (including phenoxy) is 1. The normalized spacial score (nSPS) is 18.5. The van der Waals surface area contributed by atoms with E-state index in [1.54, 1.807) is 12.1 Å². The van der Waals surface area contributed by atoms with Crippen molar-refractivity contribution in [1.82, 2.24) is 5.32 Å². The minimum Gasteiger partial charge on any atom is -0.492 e. The molecule has 112 valence electrons. The van der Waals surface area contributed by atoms with Crippen LogP contribution in [-0.2, 0) is 5.41 Å². The summed E-state index contributed by atoms with van der Waals surface area (Å²) in [5, 5.41) is 2.91. The Hall–Kier alpha value is -1.23. The Labute approximate surface area is 117 Å². The smallest absolute Gasteiger partial charge is 0.390 e. The zero-order valence-electron chi connectivity index (χ0n) is 12.0. The zero-order chi connectivity index (χ0) is 15.0. The maximum absolute atomic E-state index is 12.7. The predicted octanol–water partition coefficient (Wildman–Crippen LogP) is 3.96. The second kappa shape index (κ2) is 5.28. The third-order valence-electron chi connectivity index (χ3n) is 3.61. The molecule has 0 bridgehead atoms. The van der Waals surface area contributed by atoms with E-state index in [0.29, 0.717) is 18.7 Å². The van der Waals surface area contributed by atoms with E-state index in [1.807, 2.05) is 26.8 Å². The Kier molecular flexibility index (Phi) is 4.00. The lowest BCUT2D eigenvalue weighted by atomic mass is 9.85. The van der Waals surface area contributed by atoms with Crippen molar-refractivity contribution in [1.29, 1.82) is 0 Å². The fourth-order valence-corrected chi connectivity index (χ4v) is 2.54. The molecule has 2 rings (SSSR count). The highest BCUT2D eigenvalue weighted by Crippen LogP contribution is 2.40. The Balaban J connectivity index is 2.31. The van der Waals surface area contributed by atoms with E-state index in [1.165, 1.54) is 0 Å². The standard InChI is InChI=1S/C15H20F3NO/c1-4-19-12(8-15(16,17)18)10-5-6-13-11(7-10)14(2,3)9-20-13/h5-7,12,19H,4,8-9H2,1-3H3. The Morgan fingerprint density at radius 3 is 2.65 bits per heavy atom. The highest BCUT2D eigenvalue weighted by atomic mass is 19.4. The molecule has 20 heavy (non-hydrogen) atoms. The highest BCUT2D eigenvalue weighted by molar-refractivity contribution is 5.45. The van der Waals surface area contributed by atoms with Crippen LogP contribution in [0.25, 0.3) is 0 Å². The van der Waals surface area contributed by atoms with Gasteiger partial charge in [0.1, 0.15) is 5.75 Å². The maximum atomic E-state index is 12.7. The van der Waals surface area contributed by atoms with E-state index >= 15 is 0 Å². The first kappa shape index (κ1) is 15.2. The molecule has 1 heterocycles. The monoisotopic (exact) mass is 287 g/mol. The number of fused-ring (bicyclic) bond motifs is 1. The molecule has 1 N–H and O–H groups in total. The Morgan fingerprint density at radius 1 is 1.35 bits per heavy atom. The summed E-state index contributed by atoms with van der Waals surface area (Å²) in [6.45, 7) is 6.95. The second-order valence-electron chi connectivity index (χ2n) is 5.86. The summed E-state index contributed by atoms with van der Waals surface area (Å²) >= 11 is 0. The van der Waals surface area contributed by atoms with Crippen molar-refractivity contribution in [2.24, 2.45) is 0 Å². The van der Waals surface area contributed by atoms with E-state index in [0.717, 1.165) is 11.3 Å². The van der Waals surface area contributed by atoms with Crippen LogP contribution in [0.5, 0.6) is 5.75 Å². The number of hydrogen-bond acceptors (Lipinski definition) is 2. The van der Waals surface area contributed by atoms with Crippen LogP contribution in [0.2, 0.25) is 0 Å². The molecule has 0 saturated heterocycles. The topological polar surface area (TPSA) is 21.3 Å². The summed E-state index contributed by atoms with van der Waals surface area (Å²) < 4.78 is 43.6. The molecule has 0 spiro atoms. The first-order valence-electron chi connectivity index (χ1n) is 6.80. The molecule has 2 nitrogen and oxygen atoms in total. The van der Waals surface area contributed by atoms with Crippen molar-refractivity contribution in [3.05, 3.63) is 29.3 Å². The number of halogens is 3. The van der Waals surface area contributed by atoms with E-state index in [-0.39, 0.29) is 5.41 Å². The van der Waals surface area contributed by atoms with Gasteiger partial charge < -0.3 is 10.1 Å². The summed E-state index contributed by atoms with van der Waals surface area (Å²) in [6.07, 6.45) is -5.04. The van der Waals surface area contributed by atoms with Gasteiger partial charge in [0.2, 0.25) is 0 Å². The quantitative estimate of drug-likeness (QED) is 0.905. The van der Waals surface area contributed by atoms with Crippen LogP contribution in [0.4, 0.5) is 13.2 Å². The molecule has 0 amide bonds. The zero-order valence-corrected chi connectivity index (χ0v) is 12.0. The largest absolute Gasteiger partial charge is 0.492 e. The molecule has 0 saturated carbocycles. The first-order valence-corrected chi connectivity index (χ1v) is 6.80. The summed E-state index contributed by atoms with van der Waals surface area (Å²) in [4.78, 5) is 0. The van der Waals surface area contributed by atoms with Crippen molar-refractivity contribution in [2.75, 3.05) is 13.2 Å². The molecule has 1 aromatic carbocycles. The molecule has 0 aromatic heterocycles. The third kappa shape index (κ3) is 3.26. The van der Waals surface area contributed by atoms with E-state index in [9.17, 15) is 13.2 Å². The highest BCUT2D eigenvalue weighted by Gasteiger charge is 2.35. The number of hydrogen-bond donors (Lipinski definition) is 1. The van der Waals surface area contributed by atoms with Gasteiger partial charge in [0.15, 0.2) is 0 Å². The third-order valence-corrected chi connectivity index (χ3v) is 3.61. The molecule has 1 aliphatic heterocycles. The number of alkyl halides is 3. The van der Waals surface area contributed by atoms with Crippen molar-refractivity contribution >= 4 is 0 Å². The molecule has 1 atom stereocenters. The SMILES string of the molecule is CCNC(CC(F)(F)F)c1ccc2c(c1)C(C)(C)CO2. The molecule has 0 radical (unpaired) electrons. The minimum atomic E-state index is -4.18. The number of nitrogens with one attached hydrogen (secondary N) is 1. The molecule has 1 aromatic rings. The lowest BCUT2D eigenvalue weighted by Gasteiger charge is -2.22. The summed E-state index contributed by atoms with van der Waals surface area (Å²) in [6, 6.07) is 4.64. The van der Waals surface area contributed by atoms with Crippen LogP contribution < -0.4 is 10.1 Å². The Bertz CT molecular complexity index is 482. The van der Waals surface area contributed by atoms with Gasteiger partial charge in [0.05, 0.1) is 13.0 Å². The van der Waals surface area contributed by atoms with Crippen LogP contribution >= 0.6 is 0 Å². The van der Waals surface area contributed by atoms with Crippen LogP contribution in [0.1, 0.15) is 44.4 Å². The molecule has 0 fully saturated rings. The molecular weight excluding hydrogens is 267 g/mol.